The molecule has 2 aliphatic heterocycles. The summed E-state index contributed by atoms with van der Waals surface area (Å²) in [6.45, 7) is 1.85. The fraction of sp³-hybridized carbons (Fsp3) is 0.824. The van der Waals surface area contributed by atoms with Crippen molar-refractivity contribution in [1.29, 1.82) is 0 Å². The molecule has 0 radical (unpaired) electrons. The molecular weight excluding hydrogens is 379 g/mol. The van der Waals surface area contributed by atoms with Crippen molar-refractivity contribution in [2.75, 3.05) is 12.4 Å². The number of imide groups is 1. The van der Waals surface area contributed by atoms with Gasteiger partial charge in [0.15, 0.2) is 0 Å². The van der Waals surface area contributed by atoms with Gasteiger partial charge in [0.1, 0.15) is 6.17 Å². The Balaban J connectivity index is 1.53. The van der Waals surface area contributed by atoms with Gasteiger partial charge in [-0.1, -0.05) is 6.42 Å². The number of hydrogen-bond donors (Lipinski definition) is 2. The van der Waals surface area contributed by atoms with Crippen LogP contribution in [0.15, 0.2) is 0 Å². The lowest BCUT2D eigenvalue weighted by molar-refractivity contribution is -0.125. The Hall–Kier alpha value is -0.960. The normalized spacial score (nSPS) is 36.2. The first-order chi connectivity index (χ1) is 12.5. The highest BCUT2D eigenvalue weighted by atomic mass is 32.2. The number of nitrogens with one attached hydrogen (secondary N) is 2. The lowest BCUT2D eigenvalue weighted by Crippen LogP contribution is -2.46. The molecule has 1 aliphatic carbocycles. The third-order valence-corrected chi connectivity index (χ3v) is 8.23. The predicted octanol–water partition coefficient (Wildman–Crippen LogP) is 2.47. The number of amides is 3. The summed E-state index contributed by atoms with van der Waals surface area (Å²) in [6.07, 6.45) is 2.20. The van der Waals surface area contributed by atoms with Crippen molar-refractivity contribution in [2.24, 2.45) is 11.8 Å². The lowest BCUT2D eigenvalue weighted by atomic mass is 9.85. The summed E-state index contributed by atoms with van der Waals surface area (Å²) in [4.78, 5) is 36.3. The molecule has 3 amide bonds. The molecule has 0 spiro atoms. The van der Waals surface area contributed by atoms with Gasteiger partial charge < -0.3 is 10.1 Å². The van der Waals surface area contributed by atoms with Crippen LogP contribution < -0.4 is 10.6 Å². The van der Waals surface area contributed by atoms with E-state index >= 15 is 0 Å². The molecule has 3 aliphatic rings. The summed E-state index contributed by atoms with van der Waals surface area (Å²) in [5, 5.41) is 4.49. The van der Waals surface area contributed by atoms with Crippen molar-refractivity contribution < 1.29 is 23.5 Å². The molecule has 0 aromatic heterocycles. The third kappa shape index (κ3) is 4.47. The zero-order valence-corrected chi connectivity index (χ0v) is 16.4. The van der Waals surface area contributed by atoms with Crippen molar-refractivity contribution in [3.63, 3.8) is 0 Å². The topological polar surface area (TPSA) is 84.5 Å². The fourth-order valence-corrected chi connectivity index (χ4v) is 6.97. The Morgan fingerprint density at radius 2 is 2.00 bits per heavy atom. The Morgan fingerprint density at radius 1 is 1.19 bits per heavy atom. The molecule has 0 bridgehead atoms. The van der Waals surface area contributed by atoms with Gasteiger partial charge >= 0.3 is 6.09 Å². The smallest absolute Gasteiger partial charge is 0.413 e. The molecule has 0 aromatic carbocycles. The van der Waals surface area contributed by atoms with Crippen LogP contribution in [0.25, 0.3) is 0 Å². The number of carbonyl (C=O) groups is 3. The van der Waals surface area contributed by atoms with Gasteiger partial charge in [0.25, 0.3) is 0 Å². The van der Waals surface area contributed by atoms with E-state index in [0.717, 1.165) is 18.6 Å². The van der Waals surface area contributed by atoms with Crippen LogP contribution in [-0.2, 0) is 14.3 Å². The van der Waals surface area contributed by atoms with E-state index in [2.05, 4.69) is 10.6 Å². The maximum Gasteiger partial charge on any atom is 0.413 e. The number of halogens is 1. The summed E-state index contributed by atoms with van der Waals surface area (Å²) in [6, 6.07) is 0. The number of ether oxygens (including phenoxy) is 1. The van der Waals surface area contributed by atoms with Gasteiger partial charge in [0.2, 0.25) is 11.8 Å². The van der Waals surface area contributed by atoms with Gasteiger partial charge in [0.05, 0.1) is 23.1 Å². The van der Waals surface area contributed by atoms with Crippen LogP contribution in [0.3, 0.4) is 0 Å². The predicted molar refractivity (Wildman–Crippen MR) is 99.7 cm³/mol. The van der Waals surface area contributed by atoms with Crippen LogP contribution >= 0.6 is 23.5 Å². The van der Waals surface area contributed by atoms with Crippen LogP contribution in [0.2, 0.25) is 0 Å². The number of carbonyl (C=O) groups excluding carboxylic acids is 3. The van der Waals surface area contributed by atoms with Gasteiger partial charge in [-0.25, -0.2) is 9.18 Å². The molecule has 0 aromatic rings. The van der Waals surface area contributed by atoms with Crippen LogP contribution in [0.4, 0.5) is 9.18 Å². The van der Waals surface area contributed by atoms with E-state index in [1.54, 1.807) is 6.92 Å². The average Bonchev–Trinajstić information content (AvgIpc) is 3.22. The zero-order valence-electron chi connectivity index (χ0n) is 14.7. The van der Waals surface area contributed by atoms with E-state index in [9.17, 15) is 18.8 Å². The molecule has 6 atom stereocenters. The quantitative estimate of drug-likeness (QED) is 0.749. The van der Waals surface area contributed by atoms with Crippen LogP contribution in [0, 0.1) is 11.8 Å². The number of thioether (sulfide) groups is 2. The largest absolute Gasteiger partial charge is 0.450 e. The number of rotatable bonds is 4. The van der Waals surface area contributed by atoms with Gasteiger partial charge in [-0.05, 0) is 44.3 Å². The molecular formula is C17H25FN2O4S2. The van der Waals surface area contributed by atoms with Crippen LogP contribution in [0.5, 0.6) is 0 Å². The SMILES string of the molecule is CCOC(=O)NC(=O)C1CCSC1NC(=O)C1CC2CCCC(F)C2S1. The maximum atomic E-state index is 14.1. The molecule has 6 nitrogen and oxygen atoms in total. The van der Waals surface area contributed by atoms with Gasteiger partial charge in [-0.2, -0.15) is 0 Å². The highest BCUT2D eigenvalue weighted by molar-refractivity contribution is 8.01. The molecule has 2 saturated heterocycles. The number of alkyl halides is 1. The molecule has 2 N–H and O–H groups in total. The minimum absolute atomic E-state index is 0.0707. The van der Waals surface area contributed by atoms with E-state index in [-0.39, 0.29) is 34.3 Å². The van der Waals surface area contributed by atoms with E-state index in [0.29, 0.717) is 19.3 Å². The Bertz CT molecular complexity index is 565. The number of hydrogen-bond acceptors (Lipinski definition) is 6. The van der Waals surface area contributed by atoms with E-state index in [1.165, 1.54) is 23.5 Å². The van der Waals surface area contributed by atoms with Gasteiger partial charge in [-0.3, -0.25) is 14.9 Å². The molecule has 146 valence electrons. The second kappa shape index (κ2) is 8.82. The monoisotopic (exact) mass is 404 g/mol. The summed E-state index contributed by atoms with van der Waals surface area (Å²) < 4.78 is 18.8. The first-order valence-corrected chi connectivity index (χ1v) is 11.2. The van der Waals surface area contributed by atoms with Crippen LogP contribution in [-0.4, -0.2) is 52.3 Å². The maximum absolute atomic E-state index is 14.1. The third-order valence-electron chi connectivity index (χ3n) is 5.22. The Labute approximate surface area is 161 Å². The van der Waals surface area contributed by atoms with E-state index in [4.69, 9.17) is 4.74 Å². The highest BCUT2D eigenvalue weighted by Gasteiger charge is 2.45. The van der Waals surface area contributed by atoms with Crippen molar-refractivity contribution in [3.8, 4) is 0 Å². The van der Waals surface area contributed by atoms with Crippen molar-refractivity contribution in [1.82, 2.24) is 10.6 Å². The van der Waals surface area contributed by atoms with Crippen molar-refractivity contribution in [3.05, 3.63) is 0 Å². The number of fused-ring (bicyclic) bond motifs is 1. The molecule has 26 heavy (non-hydrogen) atoms. The second-order valence-corrected chi connectivity index (χ2v) is 9.57. The fourth-order valence-electron chi connectivity index (χ4n) is 3.93. The second-order valence-electron chi connectivity index (χ2n) is 6.94. The summed E-state index contributed by atoms with van der Waals surface area (Å²) in [5.74, 6) is 0.0106. The minimum Gasteiger partial charge on any atom is -0.450 e. The Kier molecular flexibility index (Phi) is 6.71. The standard InChI is InChI=1S/C17H25FN2O4S2/c1-2-24-17(23)20-14(21)10-6-7-25-16(10)19-15(22)12-8-9-4-3-5-11(18)13(9)26-12/h9-13,16H,2-8H2,1H3,(H,19,22)(H,20,21,23). The molecule has 6 unspecified atom stereocenters. The lowest BCUT2D eigenvalue weighted by Gasteiger charge is -2.27. The first kappa shape index (κ1) is 19.8. The van der Waals surface area contributed by atoms with Crippen molar-refractivity contribution in [2.45, 2.75) is 61.1 Å². The summed E-state index contributed by atoms with van der Waals surface area (Å²) >= 11 is 2.95. The van der Waals surface area contributed by atoms with Crippen molar-refractivity contribution >= 4 is 41.4 Å². The molecule has 3 fully saturated rings. The molecule has 3 rings (SSSR count). The first-order valence-electron chi connectivity index (χ1n) is 9.18. The summed E-state index contributed by atoms with van der Waals surface area (Å²) in [7, 11) is 0. The van der Waals surface area contributed by atoms with Gasteiger partial charge in [0, 0.05) is 5.25 Å². The number of alkyl carbamates (subject to hydrolysis) is 1. The minimum atomic E-state index is -0.819. The molecule has 9 heteroatoms. The molecule has 2 heterocycles. The van der Waals surface area contributed by atoms with Gasteiger partial charge in [-0.15, -0.1) is 23.5 Å². The zero-order chi connectivity index (χ0) is 18.7. The van der Waals surface area contributed by atoms with Crippen LogP contribution in [0.1, 0.15) is 39.0 Å². The highest BCUT2D eigenvalue weighted by Crippen LogP contribution is 2.47. The summed E-state index contributed by atoms with van der Waals surface area (Å²) in [5.41, 5.74) is 0. The van der Waals surface area contributed by atoms with E-state index < -0.39 is 24.1 Å². The van der Waals surface area contributed by atoms with E-state index in [1.807, 2.05) is 0 Å². The molecule has 1 saturated carbocycles. The Morgan fingerprint density at radius 3 is 2.73 bits per heavy atom. The average molecular weight is 405 g/mol.